The van der Waals surface area contributed by atoms with Crippen molar-refractivity contribution in [2.24, 2.45) is 0 Å². The van der Waals surface area contributed by atoms with Crippen molar-refractivity contribution in [2.75, 3.05) is 19.6 Å². The maximum absolute atomic E-state index is 12.1. The molecule has 24 heavy (non-hydrogen) atoms. The highest BCUT2D eigenvalue weighted by atomic mass is 32.1. The van der Waals surface area contributed by atoms with E-state index in [1.54, 1.807) is 23.7 Å². The molecule has 0 spiro atoms. The van der Waals surface area contributed by atoms with Crippen LogP contribution in [-0.4, -0.2) is 46.5 Å². The zero-order valence-electron chi connectivity index (χ0n) is 14.1. The summed E-state index contributed by atoms with van der Waals surface area (Å²) in [5.74, 6) is 0.111. The Morgan fingerprint density at radius 2 is 2.08 bits per heavy atom. The molecule has 1 unspecified atom stereocenters. The van der Waals surface area contributed by atoms with Crippen molar-refractivity contribution in [3.63, 3.8) is 0 Å². The zero-order valence-corrected chi connectivity index (χ0v) is 14.9. The Bertz CT molecular complexity index is 652. The maximum Gasteiger partial charge on any atom is 0.220 e. The number of amides is 1. The molecule has 6 heteroatoms. The fraction of sp³-hybridized carbons (Fsp3) is 0.500. The first-order valence-electron chi connectivity index (χ1n) is 8.58. The van der Waals surface area contributed by atoms with Crippen LogP contribution < -0.4 is 5.32 Å². The largest absolute Gasteiger partial charge is 0.355 e. The van der Waals surface area contributed by atoms with Crippen LogP contribution in [0.3, 0.4) is 0 Å². The number of carbonyl (C=O) groups is 1. The van der Waals surface area contributed by atoms with E-state index >= 15 is 0 Å². The molecule has 0 radical (unpaired) electrons. The fourth-order valence-electron chi connectivity index (χ4n) is 2.95. The average molecular weight is 344 g/mol. The topological polar surface area (TPSA) is 58.1 Å². The summed E-state index contributed by atoms with van der Waals surface area (Å²) in [6.07, 6.45) is 7.28. The average Bonchev–Trinajstić information content (AvgIpc) is 3.30. The lowest BCUT2D eigenvalue weighted by Gasteiger charge is -2.23. The highest BCUT2D eigenvalue weighted by Gasteiger charge is 2.18. The van der Waals surface area contributed by atoms with Crippen molar-refractivity contribution < 1.29 is 4.79 Å². The summed E-state index contributed by atoms with van der Waals surface area (Å²) in [5.41, 5.74) is 2.06. The van der Waals surface area contributed by atoms with E-state index in [1.807, 2.05) is 17.5 Å². The van der Waals surface area contributed by atoms with E-state index in [0.29, 0.717) is 18.9 Å². The fourth-order valence-corrected chi connectivity index (χ4v) is 3.81. The van der Waals surface area contributed by atoms with Crippen LogP contribution in [0, 0.1) is 0 Å². The molecule has 0 saturated carbocycles. The van der Waals surface area contributed by atoms with Gasteiger partial charge >= 0.3 is 0 Å². The summed E-state index contributed by atoms with van der Waals surface area (Å²) in [6.45, 7) is 5.24. The number of hydrogen-bond donors (Lipinski definition) is 1. The van der Waals surface area contributed by atoms with Crippen molar-refractivity contribution in [1.29, 1.82) is 0 Å². The second-order valence-corrected chi connectivity index (χ2v) is 7.13. The van der Waals surface area contributed by atoms with Gasteiger partial charge in [0.2, 0.25) is 5.91 Å². The van der Waals surface area contributed by atoms with E-state index in [9.17, 15) is 4.79 Å². The molecule has 1 aliphatic rings. The normalized spacial score (nSPS) is 16.2. The van der Waals surface area contributed by atoms with Crippen molar-refractivity contribution in [1.82, 2.24) is 20.2 Å². The van der Waals surface area contributed by atoms with Crippen LogP contribution in [0.4, 0.5) is 0 Å². The molecule has 0 aliphatic carbocycles. The summed E-state index contributed by atoms with van der Waals surface area (Å²) in [5, 5.41) is 6.07. The van der Waals surface area contributed by atoms with Crippen molar-refractivity contribution in [3.8, 4) is 10.6 Å². The first-order chi connectivity index (χ1) is 11.7. The first kappa shape index (κ1) is 17.0. The lowest BCUT2D eigenvalue weighted by molar-refractivity contribution is -0.121. The molecule has 2 aromatic heterocycles. The van der Waals surface area contributed by atoms with E-state index in [2.05, 4.69) is 27.1 Å². The minimum Gasteiger partial charge on any atom is -0.355 e. The second-order valence-electron chi connectivity index (χ2n) is 6.28. The minimum atomic E-state index is 0.111. The van der Waals surface area contributed by atoms with Gasteiger partial charge in [-0.25, -0.2) is 4.98 Å². The molecular weight excluding hydrogens is 320 g/mol. The van der Waals surface area contributed by atoms with Crippen LogP contribution in [0.5, 0.6) is 0 Å². The summed E-state index contributed by atoms with van der Waals surface area (Å²) in [4.78, 5) is 23.1. The smallest absolute Gasteiger partial charge is 0.220 e. The molecular formula is C18H24N4OS. The Morgan fingerprint density at radius 3 is 2.83 bits per heavy atom. The van der Waals surface area contributed by atoms with Crippen LogP contribution in [0.15, 0.2) is 29.9 Å². The Balaban J connectivity index is 1.42. The van der Waals surface area contributed by atoms with Crippen LogP contribution in [0.2, 0.25) is 0 Å². The van der Waals surface area contributed by atoms with Crippen molar-refractivity contribution in [3.05, 3.63) is 35.6 Å². The van der Waals surface area contributed by atoms with E-state index in [0.717, 1.165) is 35.9 Å². The number of rotatable bonds is 7. The van der Waals surface area contributed by atoms with Gasteiger partial charge < -0.3 is 5.32 Å². The molecule has 1 amide bonds. The number of pyridine rings is 1. The molecule has 2 aromatic rings. The summed E-state index contributed by atoms with van der Waals surface area (Å²) >= 11 is 1.61. The number of nitrogens with one attached hydrogen (secondary N) is 1. The van der Waals surface area contributed by atoms with Gasteiger partial charge in [-0.3, -0.25) is 14.7 Å². The molecule has 5 nitrogen and oxygen atoms in total. The van der Waals surface area contributed by atoms with Crippen LogP contribution in [0.1, 0.15) is 31.9 Å². The standard InChI is InChI=1S/C18H24N4OS/c1-14(22-10-2-3-11-22)12-20-17(23)5-4-16-13-24-18(21-16)15-6-8-19-9-7-15/h6-9,13-14H,2-5,10-12H2,1H3,(H,20,23). The lowest BCUT2D eigenvalue weighted by Crippen LogP contribution is -2.40. The maximum atomic E-state index is 12.1. The van der Waals surface area contributed by atoms with E-state index in [-0.39, 0.29) is 5.91 Å². The highest BCUT2D eigenvalue weighted by Crippen LogP contribution is 2.23. The second kappa shape index (κ2) is 8.35. The third-order valence-corrected chi connectivity index (χ3v) is 5.39. The molecule has 1 atom stereocenters. The Kier molecular flexibility index (Phi) is 5.93. The molecule has 1 N–H and O–H groups in total. The van der Waals surface area contributed by atoms with Gasteiger partial charge in [0.25, 0.3) is 0 Å². The van der Waals surface area contributed by atoms with Gasteiger partial charge in [0, 0.05) is 42.3 Å². The van der Waals surface area contributed by atoms with Crippen LogP contribution in [0.25, 0.3) is 10.6 Å². The molecule has 3 heterocycles. The van der Waals surface area contributed by atoms with Gasteiger partial charge in [-0.15, -0.1) is 11.3 Å². The van der Waals surface area contributed by atoms with Crippen LogP contribution >= 0.6 is 11.3 Å². The molecule has 128 valence electrons. The predicted octanol–water partition coefficient (Wildman–Crippen LogP) is 2.74. The number of aromatic nitrogens is 2. The number of aryl methyl sites for hydroxylation is 1. The quantitative estimate of drug-likeness (QED) is 0.839. The van der Waals surface area contributed by atoms with Gasteiger partial charge in [0.05, 0.1) is 5.69 Å². The molecule has 1 saturated heterocycles. The van der Waals surface area contributed by atoms with Gasteiger partial charge in [-0.05, 0) is 51.4 Å². The van der Waals surface area contributed by atoms with Gasteiger partial charge in [-0.1, -0.05) is 0 Å². The predicted molar refractivity (Wildman–Crippen MR) is 96.9 cm³/mol. The van der Waals surface area contributed by atoms with Crippen molar-refractivity contribution in [2.45, 2.75) is 38.6 Å². The van der Waals surface area contributed by atoms with Gasteiger partial charge in [-0.2, -0.15) is 0 Å². The summed E-state index contributed by atoms with van der Waals surface area (Å²) in [6, 6.07) is 4.33. The minimum absolute atomic E-state index is 0.111. The molecule has 1 fully saturated rings. The Morgan fingerprint density at radius 1 is 1.33 bits per heavy atom. The van der Waals surface area contributed by atoms with Gasteiger partial charge in [0.1, 0.15) is 5.01 Å². The molecule has 3 rings (SSSR count). The Hall–Kier alpha value is -1.79. The summed E-state index contributed by atoms with van der Waals surface area (Å²) < 4.78 is 0. The van der Waals surface area contributed by atoms with E-state index < -0.39 is 0 Å². The van der Waals surface area contributed by atoms with Crippen LogP contribution in [-0.2, 0) is 11.2 Å². The third kappa shape index (κ3) is 4.61. The van der Waals surface area contributed by atoms with Crippen molar-refractivity contribution >= 4 is 17.2 Å². The SMILES string of the molecule is CC(CNC(=O)CCc1csc(-c2ccncc2)n1)N1CCCC1. The zero-order chi connectivity index (χ0) is 16.8. The number of carbonyl (C=O) groups excluding carboxylic acids is 1. The van der Waals surface area contributed by atoms with E-state index in [4.69, 9.17) is 0 Å². The van der Waals surface area contributed by atoms with E-state index in [1.165, 1.54) is 12.8 Å². The summed E-state index contributed by atoms with van der Waals surface area (Å²) in [7, 11) is 0. The monoisotopic (exact) mass is 344 g/mol. The molecule has 0 aromatic carbocycles. The number of thiazole rings is 1. The number of likely N-dealkylation sites (tertiary alicyclic amines) is 1. The Labute approximate surface area is 147 Å². The highest BCUT2D eigenvalue weighted by molar-refractivity contribution is 7.13. The number of nitrogens with zero attached hydrogens (tertiary/aromatic N) is 3. The first-order valence-corrected chi connectivity index (χ1v) is 9.46. The lowest BCUT2D eigenvalue weighted by atomic mass is 10.2. The molecule has 1 aliphatic heterocycles. The molecule has 0 bridgehead atoms. The number of hydrogen-bond acceptors (Lipinski definition) is 5. The van der Waals surface area contributed by atoms with Gasteiger partial charge in [0.15, 0.2) is 0 Å². The third-order valence-electron chi connectivity index (χ3n) is 4.45.